The molecule has 1 aromatic heterocycles. The van der Waals surface area contributed by atoms with Crippen LogP contribution < -0.4 is 5.32 Å². The van der Waals surface area contributed by atoms with Crippen LogP contribution in [0.5, 0.6) is 5.75 Å². The van der Waals surface area contributed by atoms with E-state index in [1.807, 2.05) is 18.2 Å². The molecule has 2 rings (SSSR count). The van der Waals surface area contributed by atoms with Crippen LogP contribution in [0.3, 0.4) is 0 Å². The van der Waals surface area contributed by atoms with Crippen LogP contribution in [0.1, 0.15) is 22.5 Å². The first-order chi connectivity index (χ1) is 10.6. The lowest BCUT2D eigenvalue weighted by atomic mass is 10.1. The molecule has 0 bridgehead atoms. The molecule has 1 amide bonds. The van der Waals surface area contributed by atoms with Gasteiger partial charge in [0.15, 0.2) is 0 Å². The highest BCUT2D eigenvalue weighted by molar-refractivity contribution is 5.97. The number of aromatic hydroxyl groups is 1. The summed E-state index contributed by atoms with van der Waals surface area (Å²) in [5.74, 6) is -0.824. The largest absolute Gasteiger partial charge is 0.507 e. The zero-order valence-electron chi connectivity index (χ0n) is 11.7. The van der Waals surface area contributed by atoms with Crippen molar-refractivity contribution < 1.29 is 14.8 Å². The molecular formula is C15H15N3O4. The van der Waals surface area contributed by atoms with Gasteiger partial charge in [0, 0.05) is 30.6 Å². The van der Waals surface area contributed by atoms with Gasteiger partial charge >= 0.3 is 0 Å². The standard InChI is InChI=1S/C15H15N3O4/c19-14-7-6-12(18(21)22)10-13(14)15(20)17-9-3-5-11-4-1-2-8-16-11/h1-2,4,6-8,10,19H,3,5,9H2,(H,17,20). The van der Waals surface area contributed by atoms with Crippen LogP contribution in [0.15, 0.2) is 42.6 Å². The molecule has 2 aromatic rings. The molecule has 0 unspecified atom stereocenters. The second-order valence-electron chi connectivity index (χ2n) is 4.64. The van der Waals surface area contributed by atoms with Crippen LogP contribution in [-0.2, 0) is 6.42 Å². The van der Waals surface area contributed by atoms with E-state index in [0.717, 1.165) is 23.9 Å². The van der Waals surface area contributed by atoms with Gasteiger partial charge in [-0.25, -0.2) is 0 Å². The number of aryl methyl sites for hydroxylation is 1. The molecule has 1 heterocycles. The normalized spacial score (nSPS) is 10.2. The molecule has 0 aliphatic rings. The van der Waals surface area contributed by atoms with E-state index in [-0.39, 0.29) is 17.0 Å². The van der Waals surface area contributed by atoms with Gasteiger partial charge < -0.3 is 10.4 Å². The number of nitrogens with one attached hydrogen (secondary N) is 1. The smallest absolute Gasteiger partial charge is 0.270 e. The number of rotatable bonds is 6. The summed E-state index contributed by atoms with van der Waals surface area (Å²) in [6, 6.07) is 8.96. The molecule has 0 saturated carbocycles. The highest BCUT2D eigenvalue weighted by Crippen LogP contribution is 2.22. The van der Waals surface area contributed by atoms with E-state index in [2.05, 4.69) is 10.3 Å². The minimum absolute atomic E-state index is 0.105. The lowest BCUT2D eigenvalue weighted by Gasteiger charge is -2.06. The third-order valence-corrected chi connectivity index (χ3v) is 3.06. The molecule has 7 nitrogen and oxygen atoms in total. The molecule has 0 radical (unpaired) electrons. The Balaban J connectivity index is 1.89. The van der Waals surface area contributed by atoms with Crippen molar-refractivity contribution in [3.63, 3.8) is 0 Å². The van der Waals surface area contributed by atoms with Crippen molar-refractivity contribution in [1.29, 1.82) is 0 Å². The number of hydrogen-bond donors (Lipinski definition) is 2. The first-order valence-electron chi connectivity index (χ1n) is 6.73. The van der Waals surface area contributed by atoms with E-state index in [0.29, 0.717) is 19.4 Å². The molecule has 0 spiro atoms. The Morgan fingerprint density at radius 2 is 2.14 bits per heavy atom. The predicted octanol–water partition coefficient (Wildman–Crippen LogP) is 2.06. The summed E-state index contributed by atoms with van der Waals surface area (Å²) in [6.07, 6.45) is 3.09. The molecule has 0 aliphatic heterocycles. The monoisotopic (exact) mass is 301 g/mol. The number of benzene rings is 1. The minimum Gasteiger partial charge on any atom is -0.507 e. The minimum atomic E-state index is -0.614. The first kappa shape index (κ1) is 15.4. The number of nitro groups is 1. The van der Waals surface area contributed by atoms with E-state index in [4.69, 9.17) is 0 Å². The zero-order chi connectivity index (χ0) is 15.9. The van der Waals surface area contributed by atoms with Crippen molar-refractivity contribution in [3.8, 4) is 5.75 Å². The number of phenolic OH excluding ortho intramolecular Hbond substituents is 1. The Bertz CT molecular complexity index is 674. The van der Waals surface area contributed by atoms with Gasteiger partial charge in [-0.15, -0.1) is 0 Å². The third-order valence-electron chi connectivity index (χ3n) is 3.06. The van der Waals surface area contributed by atoms with Gasteiger partial charge in [-0.3, -0.25) is 19.9 Å². The quantitative estimate of drug-likeness (QED) is 0.482. The van der Waals surface area contributed by atoms with Gasteiger partial charge in [0.2, 0.25) is 0 Å². The highest BCUT2D eigenvalue weighted by Gasteiger charge is 2.15. The number of phenols is 1. The molecule has 0 atom stereocenters. The Labute approximate surface area is 126 Å². The third kappa shape index (κ3) is 4.02. The van der Waals surface area contributed by atoms with Crippen molar-refractivity contribution in [1.82, 2.24) is 10.3 Å². The Hall–Kier alpha value is -2.96. The second-order valence-corrected chi connectivity index (χ2v) is 4.64. The predicted molar refractivity (Wildman–Crippen MR) is 79.7 cm³/mol. The fourth-order valence-corrected chi connectivity index (χ4v) is 1.93. The summed E-state index contributed by atoms with van der Waals surface area (Å²) in [4.78, 5) is 26.2. The first-order valence-corrected chi connectivity index (χ1v) is 6.73. The second kappa shape index (κ2) is 7.16. The molecule has 22 heavy (non-hydrogen) atoms. The van der Waals surface area contributed by atoms with Crippen LogP contribution in [0.25, 0.3) is 0 Å². The summed E-state index contributed by atoms with van der Waals surface area (Å²) in [5, 5.41) is 22.9. The van der Waals surface area contributed by atoms with Crippen molar-refractivity contribution in [2.75, 3.05) is 6.54 Å². The maximum Gasteiger partial charge on any atom is 0.270 e. The molecule has 1 aromatic carbocycles. The molecule has 0 saturated heterocycles. The fourth-order valence-electron chi connectivity index (χ4n) is 1.93. The average molecular weight is 301 g/mol. The molecule has 0 aliphatic carbocycles. The molecule has 0 fully saturated rings. The van der Waals surface area contributed by atoms with E-state index in [1.165, 1.54) is 0 Å². The van der Waals surface area contributed by atoms with E-state index < -0.39 is 10.8 Å². The van der Waals surface area contributed by atoms with E-state index in [9.17, 15) is 20.0 Å². The number of non-ortho nitro benzene ring substituents is 1. The van der Waals surface area contributed by atoms with E-state index >= 15 is 0 Å². The van der Waals surface area contributed by atoms with Gasteiger partial charge in [-0.1, -0.05) is 6.07 Å². The Morgan fingerprint density at radius 1 is 1.32 bits per heavy atom. The van der Waals surface area contributed by atoms with Gasteiger partial charge in [0.25, 0.3) is 11.6 Å². The molecule has 7 heteroatoms. The van der Waals surface area contributed by atoms with Crippen molar-refractivity contribution in [3.05, 3.63) is 64.0 Å². The lowest BCUT2D eigenvalue weighted by Crippen LogP contribution is -2.25. The van der Waals surface area contributed by atoms with Crippen LogP contribution in [0.4, 0.5) is 5.69 Å². The average Bonchev–Trinajstić information content (AvgIpc) is 2.52. The number of hydrogen-bond acceptors (Lipinski definition) is 5. The van der Waals surface area contributed by atoms with Gasteiger partial charge in [0.1, 0.15) is 5.75 Å². The zero-order valence-corrected chi connectivity index (χ0v) is 11.7. The Morgan fingerprint density at radius 3 is 2.82 bits per heavy atom. The van der Waals surface area contributed by atoms with Crippen molar-refractivity contribution in [2.24, 2.45) is 0 Å². The summed E-state index contributed by atoms with van der Waals surface area (Å²) < 4.78 is 0. The topological polar surface area (TPSA) is 105 Å². The number of aromatic nitrogens is 1. The summed E-state index contributed by atoms with van der Waals surface area (Å²) >= 11 is 0. The van der Waals surface area contributed by atoms with Crippen molar-refractivity contribution in [2.45, 2.75) is 12.8 Å². The lowest BCUT2D eigenvalue weighted by molar-refractivity contribution is -0.384. The van der Waals surface area contributed by atoms with Crippen LogP contribution in [-0.4, -0.2) is 27.5 Å². The van der Waals surface area contributed by atoms with Gasteiger partial charge in [0.05, 0.1) is 10.5 Å². The number of nitro benzene ring substituents is 1. The molecule has 114 valence electrons. The number of carbonyl (C=O) groups excluding carboxylic acids is 1. The summed E-state index contributed by atoms with van der Waals surface area (Å²) in [6.45, 7) is 0.386. The van der Waals surface area contributed by atoms with E-state index in [1.54, 1.807) is 6.20 Å². The number of nitrogens with zero attached hydrogens (tertiary/aromatic N) is 2. The van der Waals surface area contributed by atoms with Crippen LogP contribution in [0, 0.1) is 10.1 Å². The Kier molecular flexibility index (Phi) is 5.02. The fraction of sp³-hybridized carbons (Fsp3) is 0.200. The SMILES string of the molecule is O=C(NCCCc1ccccn1)c1cc([N+](=O)[O-])ccc1O. The molecule has 2 N–H and O–H groups in total. The van der Waals surface area contributed by atoms with Crippen LogP contribution >= 0.6 is 0 Å². The van der Waals surface area contributed by atoms with Gasteiger partial charge in [-0.05, 0) is 31.0 Å². The number of amides is 1. The number of pyridine rings is 1. The highest BCUT2D eigenvalue weighted by atomic mass is 16.6. The molecular weight excluding hydrogens is 286 g/mol. The summed E-state index contributed by atoms with van der Waals surface area (Å²) in [5.41, 5.74) is 0.582. The number of carbonyl (C=O) groups is 1. The summed E-state index contributed by atoms with van der Waals surface area (Å²) in [7, 11) is 0. The maximum absolute atomic E-state index is 11.9. The van der Waals surface area contributed by atoms with Gasteiger partial charge in [-0.2, -0.15) is 0 Å². The van der Waals surface area contributed by atoms with Crippen LogP contribution in [0.2, 0.25) is 0 Å². The maximum atomic E-state index is 11.9. The van der Waals surface area contributed by atoms with Crippen molar-refractivity contribution >= 4 is 11.6 Å².